The third-order valence-corrected chi connectivity index (χ3v) is 4.97. The Labute approximate surface area is 129 Å². The van der Waals surface area contributed by atoms with Crippen LogP contribution in [-0.2, 0) is 20.3 Å². The maximum absolute atomic E-state index is 6.49. The van der Waals surface area contributed by atoms with Gasteiger partial charge in [-0.05, 0) is 23.6 Å². The number of benzene rings is 2. The molecule has 3 aliphatic rings. The number of hydrogen-bond donors (Lipinski definition) is 0. The summed E-state index contributed by atoms with van der Waals surface area (Å²) >= 11 is 0. The van der Waals surface area contributed by atoms with Crippen LogP contribution in [0.1, 0.15) is 24.5 Å². The van der Waals surface area contributed by atoms with Crippen LogP contribution in [-0.4, -0.2) is 5.79 Å². The van der Waals surface area contributed by atoms with Crippen molar-refractivity contribution in [3.05, 3.63) is 71.8 Å². The van der Waals surface area contributed by atoms with E-state index in [1.165, 1.54) is 0 Å². The average molecular weight is 292 g/mol. The van der Waals surface area contributed by atoms with Crippen LogP contribution in [0, 0.1) is 5.92 Å². The maximum Gasteiger partial charge on any atom is 0.258 e. The molecule has 2 aromatic rings. The Morgan fingerprint density at radius 1 is 0.909 bits per heavy atom. The van der Waals surface area contributed by atoms with E-state index in [0.717, 1.165) is 28.7 Å². The summed E-state index contributed by atoms with van der Waals surface area (Å²) in [5.74, 6) is -1.52. The molecule has 1 aliphatic heterocycles. The predicted molar refractivity (Wildman–Crippen MR) is 81.6 cm³/mol. The van der Waals surface area contributed by atoms with Gasteiger partial charge in [-0.15, -0.1) is 0 Å². The SMILES string of the molecule is CC1CC=CC12OOC1(O2)c2ccccc2-c2ccccc21. The fourth-order valence-corrected chi connectivity index (χ4v) is 3.75. The minimum atomic E-state index is -0.962. The summed E-state index contributed by atoms with van der Waals surface area (Å²) in [6.45, 7) is 2.12. The molecule has 0 N–H and O–H groups in total. The van der Waals surface area contributed by atoms with E-state index in [0.29, 0.717) is 0 Å². The second-order valence-electron chi connectivity index (χ2n) is 6.24. The molecule has 0 saturated carbocycles. The summed E-state index contributed by atoms with van der Waals surface area (Å²) in [5.41, 5.74) is 4.32. The van der Waals surface area contributed by atoms with Gasteiger partial charge >= 0.3 is 0 Å². The molecule has 2 aromatic carbocycles. The zero-order valence-corrected chi connectivity index (χ0v) is 12.3. The molecule has 2 atom stereocenters. The van der Waals surface area contributed by atoms with E-state index in [4.69, 9.17) is 14.5 Å². The molecule has 3 heteroatoms. The van der Waals surface area contributed by atoms with Gasteiger partial charge in [-0.25, -0.2) is 0 Å². The third kappa shape index (κ3) is 1.36. The van der Waals surface area contributed by atoms with Crippen molar-refractivity contribution in [2.45, 2.75) is 24.9 Å². The van der Waals surface area contributed by atoms with Crippen molar-refractivity contribution >= 4 is 0 Å². The standard InChI is InChI=1S/C19H16O3/c1-13-7-6-12-18(13)20-19(22-21-18)16-10-4-2-8-14(16)15-9-3-5-11-17(15)19/h2-6,8-13H,7H2,1H3. The minimum absolute atomic E-state index is 0.229. The topological polar surface area (TPSA) is 27.7 Å². The van der Waals surface area contributed by atoms with Crippen LogP contribution in [0.25, 0.3) is 11.1 Å². The summed E-state index contributed by atoms with van der Waals surface area (Å²) < 4.78 is 6.49. The molecule has 2 spiro atoms. The lowest BCUT2D eigenvalue weighted by atomic mass is 10.0. The van der Waals surface area contributed by atoms with E-state index in [2.05, 4.69) is 37.3 Å². The molecule has 0 aromatic heterocycles. The van der Waals surface area contributed by atoms with Crippen molar-refractivity contribution in [1.82, 2.24) is 0 Å². The monoisotopic (exact) mass is 292 g/mol. The van der Waals surface area contributed by atoms with Gasteiger partial charge in [-0.1, -0.05) is 61.5 Å². The third-order valence-electron chi connectivity index (χ3n) is 4.97. The van der Waals surface area contributed by atoms with E-state index in [1.807, 2.05) is 30.3 Å². The van der Waals surface area contributed by atoms with E-state index in [9.17, 15) is 0 Å². The fourth-order valence-electron chi connectivity index (χ4n) is 3.75. The zero-order chi connectivity index (χ0) is 14.8. The van der Waals surface area contributed by atoms with E-state index >= 15 is 0 Å². The van der Waals surface area contributed by atoms with Crippen LogP contribution in [0.15, 0.2) is 60.7 Å². The molecule has 2 aliphatic carbocycles. The number of allylic oxidation sites excluding steroid dienone is 1. The molecule has 1 heterocycles. The maximum atomic E-state index is 6.49. The number of hydrogen-bond acceptors (Lipinski definition) is 3. The van der Waals surface area contributed by atoms with Crippen molar-refractivity contribution in [2.24, 2.45) is 5.92 Å². The van der Waals surface area contributed by atoms with Gasteiger partial charge in [-0.3, -0.25) is 0 Å². The van der Waals surface area contributed by atoms with Crippen LogP contribution in [0.2, 0.25) is 0 Å². The number of rotatable bonds is 0. The summed E-state index contributed by atoms with van der Waals surface area (Å²) in [6, 6.07) is 16.4. The molecule has 0 bridgehead atoms. The molecule has 2 unspecified atom stereocenters. The van der Waals surface area contributed by atoms with Crippen molar-refractivity contribution < 1.29 is 14.5 Å². The van der Waals surface area contributed by atoms with Gasteiger partial charge in [0.25, 0.3) is 5.79 Å². The molecule has 22 heavy (non-hydrogen) atoms. The van der Waals surface area contributed by atoms with Gasteiger partial charge in [0.15, 0.2) is 0 Å². The molecule has 1 fully saturated rings. The molecule has 1 saturated heterocycles. The van der Waals surface area contributed by atoms with Crippen molar-refractivity contribution in [3.8, 4) is 11.1 Å². The molecular formula is C19H16O3. The Morgan fingerprint density at radius 2 is 1.55 bits per heavy atom. The lowest BCUT2D eigenvalue weighted by molar-refractivity contribution is -0.341. The predicted octanol–water partition coefficient (Wildman–Crippen LogP) is 4.14. The highest BCUT2D eigenvalue weighted by Gasteiger charge is 2.60. The van der Waals surface area contributed by atoms with E-state index in [1.54, 1.807) is 0 Å². The lowest BCUT2D eigenvalue weighted by Gasteiger charge is -2.27. The van der Waals surface area contributed by atoms with E-state index < -0.39 is 11.6 Å². The number of ether oxygens (including phenoxy) is 1. The summed E-state index contributed by atoms with van der Waals surface area (Å²) in [5, 5.41) is 0. The van der Waals surface area contributed by atoms with Gasteiger partial charge in [0, 0.05) is 17.0 Å². The first-order chi connectivity index (χ1) is 10.8. The lowest BCUT2D eigenvalue weighted by Crippen LogP contribution is -2.36. The van der Waals surface area contributed by atoms with Crippen LogP contribution >= 0.6 is 0 Å². The van der Waals surface area contributed by atoms with Crippen LogP contribution in [0.4, 0.5) is 0 Å². The second-order valence-corrected chi connectivity index (χ2v) is 6.24. The minimum Gasteiger partial charge on any atom is -0.300 e. The first-order valence-electron chi connectivity index (χ1n) is 7.69. The molecular weight excluding hydrogens is 276 g/mol. The quantitative estimate of drug-likeness (QED) is 0.539. The zero-order valence-electron chi connectivity index (χ0n) is 12.3. The average Bonchev–Trinajstić information content (AvgIpc) is 3.20. The first-order valence-corrected chi connectivity index (χ1v) is 7.69. The molecule has 0 radical (unpaired) electrons. The Bertz CT molecular complexity index is 749. The van der Waals surface area contributed by atoms with Crippen LogP contribution < -0.4 is 0 Å². The van der Waals surface area contributed by atoms with Gasteiger partial charge in [0.1, 0.15) is 0 Å². The number of fused-ring (bicyclic) bond motifs is 5. The highest BCUT2D eigenvalue weighted by atomic mass is 17.3. The van der Waals surface area contributed by atoms with Gasteiger partial charge in [0.05, 0.1) is 0 Å². The van der Waals surface area contributed by atoms with Crippen molar-refractivity contribution in [2.75, 3.05) is 0 Å². The van der Waals surface area contributed by atoms with Crippen molar-refractivity contribution in [3.63, 3.8) is 0 Å². The summed E-state index contributed by atoms with van der Waals surface area (Å²) in [4.78, 5) is 11.6. The highest BCUT2D eigenvalue weighted by molar-refractivity contribution is 5.79. The van der Waals surface area contributed by atoms with Crippen LogP contribution in [0.5, 0.6) is 0 Å². The smallest absolute Gasteiger partial charge is 0.258 e. The summed E-state index contributed by atoms with van der Waals surface area (Å²) in [7, 11) is 0. The Morgan fingerprint density at radius 3 is 2.14 bits per heavy atom. The molecule has 0 amide bonds. The highest BCUT2D eigenvalue weighted by Crippen LogP contribution is 2.57. The van der Waals surface area contributed by atoms with Gasteiger partial charge in [0.2, 0.25) is 5.79 Å². The Kier molecular flexibility index (Phi) is 2.33. The van der Waals surface area contributed by atoms with Crippen LogP contribution in [0.3, 0.4) is 0 Å². The second kappa shape index (κ2) is 4.07. The normalized spacial score (nSPS) is 30.1. The molecule has 3 nitrogen and oxygen atoms in total. The first kappa shape index (κ1) is 12.6. The largest absolute Gasteiger partial charge is 0.300 e. The van der Waals surface area contributed by atoms with Gasteiger partial charge in [-0.2, -0.15) is 9.78 Å². The Hall–Kier alpha value is -1.94. The molecule has 5 rings (SSSR count). The fraction of sp³-hybridized carbons (Fsp3) is 0.263. The van der Waals surface area contributed by atoms with Gasteiger partial charge < -0.3 is 4.74 Å². The Balaban J connectivity index is 1.74. The molecule has 110 valence electrons. The summed E-state index contributed by atoms with van der Waals surface area (Å²) in [6.07, 6.45) is 5.01. The van der Waals surface area contributed by atoms with E-state index in [-0.39, 0.29) is 5.92 Å². The van der Waals surface area contributed by atoms with Crippen molar-refractivity contribution in [1.29, 1.82) is 0 Å².